The lowest BCUT2D eigenvalue weighted by molar-refractivity contribution is 0.163. The van der Waals surface area contributed by atoms with Crippen molar-refractivity contribution in [3.05, 3.63) is 30.5 Å². The number of likely N-dealkylation sites (N-methyl/N-ethyl adjacent to an activating group) is 1. The predicted octanol–water partition coefficient (Wildman–Crippen LogP) is 1.93. The largest absolute Gasteiger partial charge is 0.508 e. The normalized spacial score (nSPS) is 11.2. The van der Waals surface area contributed by atoms with Gasteiger partial charge in [-0.15, -0.1) is 0 Å². The van der Waals surface area contributed by atoms with Crippen molar-refractivity contribution in [1.29, 1.82) is 0 Å². The molecule has 1 aromatic carbocycles. The SMILES string of the molecule is COCCN(C)CCNc1nccc2ccc(O)cc12. The zero-order valence-electron chi connectivity index (χ0n) is 12.0. The highest BCUT2D eigenvalue weighted by Crippen LogP contribution is 2.24. The molecule has 0 atom stereocenters. The fraction of sp³-hybridized carbons (Fsp3) is 0.400. The fourth-order valence-electron chi connectivity index (χ4n) is 2.02. The predicted molar refractivity (Wildman–Crippen MR) is 81.3 cm³/mol. The van der Waals surface area contributed by atoms with Crippen LogP contribution in [0.2, 0.25) is 0 Å². The second-order valence-electron chi connectivity index (χ2n) is 4.79. The first kappa shape index (κ1) is 14.6. The van der Waals surface area contributed by atoms with Crippen molar-refractivity contribution < 1.29 is 9.84 Å². The van der Waals surface area contributed by atoms with E-state index in [4.69, 9.17) is 4.74 Å². The number of methoxy groups -OCH3 is 1. The molecule has 1 heterocycles. The molecule has 2 N–H and O–H groups in total. The summed E-state index contributed by atoms with van der Waals surface area (Å²) in [6.07, 6.45) is 1.77. The Morgan fingerprint density at radius 3 is 2.95 bits per heavy atom. The van der Waals surface area contributed by atoms with Crippen LogP contribution in [0.4, 0.5) is 5.82 Å². The van der Waals surface area contributed by atoms with E-state index in [2.05, 4.69) is 22.2 Å². The molecule has 0 saturated heterocycles. The van der Waals surface area contributed by atoms with Gasteiger partial charge < -0.3 is 20.1 Å². The summed E-state index contributed by atoms with van der Waals surface area (Å²) < 4.78 is 5.05. The molecule has 2 rings (SSSR count). The summed E-state index contributed by atoms with van der Waals surface area (Å²) in [4.78, 5) is 6.54. The Bertz CT molecular complexity index is 560. The van der Waals surface area contributed by atoms with Crippen molar-refractivity contribution in [2.24, 2.45) is 0 Å². The van der Waals surface area contributed by atoms with E-state index in [0.717, 1.165) is 42.8 Å². The van der Waals surface area contributed by atoms with Crippen LogP contribution in [-0.2, 0) is 4.74 Å². The maximum absolute atomic E-state index is 9.59. The van der Waals surface area contributed by atoms with Gasteiger partial charge >= 0.3 is 0 Å². The van der Waals surface area contributed by atoms with Gasteiger partial charge in [-0.2, -0.15) is 0 Å². The van der Waals surface area contributed by atoms with Crippen LogP contribution in [0.15, 0.2) is 30.5 Å². The Morgan fingerprint density at radius 2 is 2.15 bits per heavy atom. The summed E-state index contributed by atoms with van der Waals surface area (Å²) in [5.41, 5.74) is 0. The average molecular weight is 275 g/mol. The minimum Gasteiger partial charge on any atom is -0.508 e. The topological polar surface area (TPSA) is 57.6 Å². The zero-order chi connectivity index (χ0) is 14.4. The highest BCUT2D eigenvalue weighted by atomic mass is 16.5. The molecule has 0 amide bonds. The first-order chi connectivity index (χ1) is 9.70. The molecule has 0 fully saturated rings. The molecule has 0 unspecified atom stereocenters. The second-order valence-corrected chi connectivity index (χ2v) is 4.79. The number of nitrogens with zero attached hydrogens (tertiary/aromatic N) is 2. The van der Waals surface area contributed by atoms with Crippen LogP contribution in [0.3, 0.4) is 0 Å². The number of hydrogen-bond donors (Lipinski definition) is 2. The van der Waals surface area contributed by atoms with Crippen LogP contribution < -0.4 is 5.32 Å². The van der Waals surface area contributed by atoms with E-state index in [1.807, 2.05) is 12.1 Å². The molecule has 0 aliphatic carbocycles. The molecule has 0 aliphatic rings. The van der Waals surface area contributed by atoms with Crippen molar-refractivity contribution in [1.82, 2.24) is 9.88 Å². The molecule has 0 bridgehead atoms. The van der Waals surface area contributed by atoms with Crippen LogP contribution in [0.5, 0.6) is 5.75 Å². The summed E-state index contributed by atoms with van der Waals surface area (Å²) in [6, 6.07) is 7.25. The van der Waals surface area contributed by atoms with E-state index >= 15 is 0 Å². The quantitative estimate of drug-likeness (QED) is 0.808. The van der Waals surface area contributed by atoms with Gasteiger partial charge in [-0.3, -0.25) is 0 Å². The number of rotatable bonds is 7. The third-order valence-electron chi connectivity index (χ3n) is 3.21. The van der Waals surface area contributed by atoms with Gasteiger partial charge in [-0.25, -0.2) is 4.98 Å². The highest BCUT2D eigenvalue weighted by molar-refractivity contribution is 5.92. The number of hydrogen-bond acceptors (Lipinski definition) is 5. The summed E-state index contributed by atoms with van der Waals surface area (Å²) in [5, 5.41) is 14.9. The zero-order valence-corrected chi connectivity index (χ0v) is 12.0. The van der Waals surface area contributed by atoms with E-state index in [0.29, 0.717) is 0 Å². The molecule has 5 nitrogen and oxygen atoms in total. The molecular weight excluding hydrogens is 254 g/mol. The van der Waals surface area contributed by atoms with Gasteiger partial charge in [0.2, 0.25) is 0 Å². The van der Waals surface area contributed by atoms with Crippen molar-refractivity contribution in [2.75, 3.05) is 45.7 Å². The van der Waals surface area contributed by atoms with Crippen molar-refractivity contribution in [2.45, 2.75) is 0 Å². The Balaban J connectivity index is 1.98. The third kappa shape index (κ3) is 3.82. The van der Waals surface area contributed by atoms with Gasteiger partial charge in [0.05, 0.1) is 6.61 Å². The van der Waals surface area contributed by atoms with Crippen LogP contribution in [-0.4, -0.2) is 55.4 Å². The number of aromatic nitrogens is 1. The number of benzene rings is 1. The Labute approximate surface area is 119 Å². The first-order valence-electron chi connectivity index (χ1n) is 6.70. The number of anilines is 1. The smallest absolute Gasteiger partial charge is 0.133 e. The minimum atomic E-state index is 0.255. The lowest BCUT2D eigenvalue weighted by atomic mass is 10.1. The Morgan fingerprint density at radius 1 is 1.30 bits per heavy atom. The number of pyridine rings is 1. The molecule has 0 saturated carbocycles. The van der Waals surface area contributed by atoms with Gasteiger partial charge in [0.15, 0.2) is 0 Å². The van der Waals surface area contributed by atoms with E-state index in [1.54, 1.807) is 25.4 Å². The number of nitrogens with one attached hydrogen (secondary N) is 1. The van der Waals surface area contributed by atoms with E-state index in [9.17, 15) is 5.11 Å². The van der Waals surface area contributed by atoms with E-state index in [-0.39, 0.29) is 5.75 Å². The molecule has 1 aromatic heterocycles. The lowest BCUT2D eigenvalue weighted by Crippen LogP contribution is -2.28. The molecule has 2 aromatic rings. The van der Waals surface area contributed by atoms with Crippen LogP contribution in [0, 0.1) is 0 Å². The molecule has 0 spiro atoms. The molecule has 5 heteroatoms. The van der Waals surface area contributed by atoms with Gasteiger partial charge in [-0.05, 0) is 30.6 Å². The summed E-state index contributed by atoms with van der Waals surface area (Å²) in [7, 11) is 3.77. The standard InChI is InChI=1S/C15H21N3O2/c1-18(9-10-20-2)8-7-17-15-14-11-13(19)4-3-12(14)5-6-16-15/h3-6,11,19H,7-10H2,1-2H3,(H,16,17). The van der Waals surface area contributed by atoms with Gasteiger partial charge in [0.25, 0.3) is 0 Å². The fourth-order valence-corrected chi connectivity index (χ4v) is 2.02. The Kier molecular flexibility index (Phi) is 5.15. The molecule has 0 aliphatic heterocycles. The monoisotopic (exact) mass is 275 g/mol. The van der Waals surface area contributed by atoms with Crippen molar-refractivity contribution in [3.63, 3.8) is 0 Å². The molecule has 108 valence electrons. The first-order valence-corrected chi connectivity index (χ1v) is 6.70. The summed E-state index contributed by atoms with van der Waals surface area (Å²) in [5.74, 6) is 1.06. The molecular formula is C15H21N3O2. The molecule has 0 radical (unpaired) electrons. The summed E-state index contributed by atoms with van der Waals surface area (Å²) >= 11 is 0. The van der Waals surface area contributed by atoms with Crippen LogP contribution in [0.25, 0.3) is 10.8 Å². The van der Waals surface area contributed by atoms with Gasteiger partial charge in [0.1, 0.15) is 11.6 Å². The number of fused-ring (bicyclic) bond motifs is 1. The lowest BCUT2D eigenvalue weighted by Gasteiger charge is -2.17. The summed E-state index contributed by atoms with van der Waals surface area (Å²) in [6.45, 7) is 3.33. The van der Waals surface area contributed by atoms with Gasteiger partial charge in [0, 0.05) is 38.3 Å². The third-order valence-corrected chi connectivity index (χ3v) is 3.21. The minimum absolute atomic E-state index is 0.255. The number of aromatic hydroxyl groups is 1. The maximum Gasteiger partial charge on any atom is 0.133 e. The Hall–Kier alpha value is -1.85. The van der Waals surface area contributed by atoms with Crippen LogP contribution in [0.1, 0.15) is 0 Å². The number of ether oxygens (including phenoxy) is 1. The maximum atomic E-state index is 9.59. The van der Waals surface area contributed by atoms with Crippen molar-refractivity contribution in [3.8, 4) is 5.75 Å². The number of phenols is 1. The average Bonchev–Trinajstić information content (AvgIpc) is 2.45. The van der Waals surface area contributed by atoms with E-state index < -0.39 is 0 Å². The van der Waals surface area contributed by atoms with Crippen molar-refractivity contribution >= 4 is 16.6 Å². The second kappa shape index (κ2) is 7.07. The highest BCUT2D eigenvalue weighted by Gasteiger charge is 2.04. The van der Waals surface area contributed by atoms with Crippen LogP contribution >= 0.6 is 0 Å². The van der Waals surface area contributed by atoms with E-state index in [1.165, 1.54) is 0 Å². The molecule has 20 heavy (non-hydrogen) atoms. The van der Waals surface area contributed by atoms with Gasteiger partial charge in [-0.1, -0.05) is 6.07 Å². The number of phenolic OH excluding ortho intramolecular Hbond substituents is 1.